The van der Waals surface area contributed by atoms with E-state index in [4.69, 9.17) is 14.6 Å². The molecule has 0 aliphatic carbocycles. The lowest BCUT2D eigenvalue weighted by Crippen LogP contribution is -2.55. The Labute approximate surface area is 133 Å². The molecule has 0 saturated carbocycles. The summed E-state index contributed by atoms with van der Waals surface area (Å²) >= 11 is 0. The molecule has 0 bridgehead atoms. The maximum Gasteiger partial charge on any atom is 0.184 e. The highest BCUT2D eigenvalue weighted by Gasteiger charge is 2.43. The van der Waals surface area contributed by atoms with Crippen molar-refractivity contribution in [3.63, 3.8) is 0 Å². The van der Waals surface area contributed by atoms with Crippen molar-refractivity contribution in [2.45, 2.75) is 77.2 Å². The third-order valence-electron chi connectivity index (χ3n) is 4.11. The molecule has 0 amide bonds. The van der Waals surface area contributed by atoms with Gasteiger partial charge in [-0.1, -0.05) is 26.5 Å². The number of aliphatic hydroxyl groups is 3. The Kier molecular flexibility index (Phi) is 7.06. The van der Waals surface area contributed by atoms with Crippen molar-refractivity contribution >= 4 is 0 Å². The molecule has 0 unspecified atom stereocenters. The zero-order valence-corrected chi connectivity index (χ0v) is 14.0. The predicted octanol–water partition coefficient (Wildman–Crippen LogP) is 2.68. The first kappa shape index (κ1) is 19.2. The minimum Gasteiger partial charge on any atom is -0.509 e. The Morgan fingerprint density at radius 2 is 1.95 bits per heavy atom. The summed E-state index contributed by atoms with van der Waals surface area (Å²) in [7, 11) is 0. The molecule has 1 fully saturated rings. The van der Waals surface area contributed by atoms with Gasteiger partial charge in [0.2, 0.25) is 0 Å². The van der Waals surface area contributed by atoms with Crippen molar-refractivity contribution in [1.82, 2.24) is 0 Å². The van der Waals surface area contributed by atoms with E-state index < -0.39 is 24.1 Å². The summed E-state index contributed by atoms with van der Waals surface area (Å²) < 4.78 is 11.7. The third kappa shape index (κ3) is 5.39. The molecule has 0 aromatic carbocycles. The summed E-state index contributed by atoms with van der Waals surface area (Å²) in [5.41, 5.74) is -0.493. The Balaban J connectivity index is 2.60. The van der Waals surface area contributed by atoms with Crippen LogP contribution in [0.15, 0.2) is 24.5 Å². The standard InChI is InChI=1S/C17H30O5/c1-6-13-14(19)12(3)15(20)16(21-13)22-17(4,5)10-8-7-9-11(2)18/h7,9,12-16,18-20H,2,6,8,10H2,1,3-5H3/b9-7+/t12-,13+,14-,15+,16-/m0/s1. The Morgan fingerprint density at radius 1 is 1.32 bits per heavy atom. The largest absolute Gasteiger partial charge is 0.509 e. The van der Waals surface area contributed by atoms with E-state index in [1.807, 2.05) is 26.8 Å². The maximum atomic E-state index is 10.3. The molecule has 128 valence electrons. The highest BCUT2D eigenvalue weighted by Crippen LogP contribution is 2.31. The minimum absolute atomic E-state index is 0.0263. The van der Waals surface area contributed by atoms with Crippen molar-refractivity contribution < 1.29 is 24.8 Å². The van der Waals surface area contributed by atoms with E-state index in [0.717, 1.165) is 0 Å². The lowest BCUT2D eigenvalue weighted by Gasteiger charge is -2.43. The van der Waals surface area contributed by atoms with Gasteiger partial charge in [-0.05, 0) is 39.2 Å². The van der Waals surface area contributed by atoms with E-state index >= 15 is 0 Å². The van der Waals surface area contributed by atoms with Crippen LogP contribution in [-0.2, 0) is 9.47 Å². The second-order valence-corrected chi connectivity index (χ2v) is 6.60. The molecule has 1 heterocycles. The van der Waals surface area contributed by atoms with Crippen molar-refractivity contribution in [1.29, 1.82) is 0 Å². The lowest BCUT2D eigenvalue weighted by atomic mass is 9.89. The number of hydrogen-bond acceptors (Lipinski definition) is 5. The molecular formula is C17H30O5. The fourth-order valence-electron chi connectivity index (χ4n) is 2.58. The third-order valence-corrected chi connectivity index (χ3v) is 4.11. The van der Waals surface area contributed by atoms with Gasteiger partial charge in [0.15, 0.2) is 6.29 Å². The number of hydrogen-bond donors (Lipinski definition) is 3. The Morgan fingerprint density at radius 3 is 2.50 bits per heavy atom. The highest BCUT2D eigenvalue weighted by atomic mass is 16.7. The summed E-state index contributed by atoms with van der Waals surface area (Å²) in [4.78, 5) is 0. The first-order valence-electron chi connectivity index (χ1n) is 7.91. The fourth-order valence-corrected chi connectivity index (χ4v) is 2.58. The summed E-state index contributed by atoms with van der Waals surface area (Å²) in [5.74, 6) is -0.268. The summed E-state index contributed by atoms with van der Waals surface area (Å²) in [6.07, 6.45) is 2.86. The average molecular weight is 314 g/mol. The zero-order chi connectivity index (χ0) is 16.9. The van der Waals surface area contributed by atoms with Gasteiger partial charge in [0.1, 0.15) is 11.9 Å². The molecule has 0 radical (unpaired) electrons. The van der Waals surface area contributed by atoms with Crippen molar-refractivity contribution in [3.05, 3.63) is 24.5 Å². The summed E-state index contributed by atoms with van der Waals surface area (Å²) in [6, 6.07) is 0. The van der Waals surface area contributed by atoms with Crippen LogP contribution in [0.4, 0.5) is 0 Å². The molecule has 5 atom stereocenters. The predicted molar refractivity (Wildman–Crippen MR) is 85.4 cm³/mol. The van der Waals surface area contributed by atoms with E-state index in [9.17, 15) is 10.2 Å². The van der Waals surface area contributed by atoms with Gasteiger partial charge in [-0.15, -0.1) is 0 Å². The highest BCUT2D eigenvalue weighted by molar-refractivity contribution is 5.05. The molecule has 22 heavy (non-hydrogen) atoms. The first-order valence-corrected chi connectivity index (χ1v) is 7.91. The van der Waals surface area contributed by atoms with Crippen LogP contribution in [0.2, 0.25) is 0 Å². The Hall–Kier alpha value is -0.880. The molecular weight excluding hydrogens is 284 g/mol. The number of aliphatic hydroxyl groups excluding tert-OH is 3. The van der Waals surface area contributed by atoms with Crippen LogP contribution in [0.1, 0.15) is 47.0 Å². The second-order valence-electron chi connectivity index (χ2n) is 6.60. The number of allylic oxidation sites excluding steroid dienone is 2. The molecule has 1 aliphatic heterocycles. The van der Waals surface area contributed by atoms with E-state index in [1.54, 1.807) is 13.0 Å². The SMILES string of the molecule is C=C(O)/C=C/CCC(C)(C)O[C@@H]1O[C@H](CC)[C@@H](O)[C@H](C)[C@H]1O. The molecule has 1 rings (SSSR count). The Bertz CT molecular complexity index is 389. The van der Waals surface area contributed by atoms with Gasteiger partial charge in [0, 0.05) is 5.92 Å². The van der Waals surface area contributed by atoms with Gasteiger partial charge in [-0.2, -0.15) is 0 Å². The van der Waals surface area contributed by atoms with E-state index in [0.29, 0.717) is 19.3 Å². The summed E-state index contributed by atoms with van der Waals surface area (Å²) in [6.45, 7) is 11.0. The van der Waals surface area contributed by atoms with E-state index in [-0.39, 0.29) is 17.8 Å². The van der Waals surface area contributed by atoms with Gasteiger partial charge < -0.3 is 24.8 Å². The molecule has 0 aromatic rings. The van der Waals surface area contributed by atoms with Crippen LogP contribution in [-0.4, -0.2) is 45.5 Å². The molecule has 0 aromatic heterocycles. The molecule has 5 heteroatoms. The van der Waals surface area contributed by atoms with Crippen LogP contribution < -0.4 is 0 Å². The van der Waals surface area contributed by atoms with Crippen LogP contribution in [0.3, 0.4) is 0 Å². The monoisotopic (exact) mass is 314 g/mol. The van der Waals surface area contributed by atoms with Crippen molar-refractivity contribution in [3.8, 4) is 0 Å². The topological polar surface area (TPSA) is 79.2 Å². The summed E-state index contributed by atoms with van der Waals surface area (Å²) in [5, 5.41) is 29.3. The van der Waals surface area contributed by atoms with Gasteiger partial charge in [-0.25, -0.2) is 0 Å². The minimum atomic E-state index is -0.857. The van der Waals surface area contributed by atoms with Crippen molar-refractivity contribution in [2.75, 3.05) is 0 Å². The first-order chi connectivity index (χ1) is 10.2. The van der Waals surface area contributed by atoms with Crippen molar-refractivity contribution in [2.24, 2.45) is 5.92 Å². The van der Waals surface area contributed by atoms with Crippen LogP contribution >= 0.6 is 0 Å². The normalized spacial score (nSPS) is 33.3. The lowest BCUT2D eigenvalue weighted by molar-refractivity contribution is -0.309. The van der Waals surface area contributed by atoms with E-state index in [2.05, 4.69) is 6.58 Å². The molecule has 1 saturated heterocycles. The zero-order valence-electron chi connectivity index (χ0n) is 14.0. The molecule has 3 N–H and O–H groups in total. The molecule has 1 aliphatic rings. The van der Waals surface area contributed by atoms with Crippen LogP contribution in [0.25, 0.3) is 0 Å². The fraction of sp³-hybridized carbons (Fsp3) is 0.765. The van der Waals surface area contributed by atoms with Gasteiger partial charge in [0.25, 0.3) is 0 Å². The van der Waals surface area contributed by atoms with E-state index in [1.165, 1.54) is 0 Å². The number of ether oxygens (including phenoxy) is 2. The average Bonchev–Trinajstić information content (AvgIpc) is 2.44. The molecule has 5 nitrogen and oxygen atoms in total. The number of rotatable bonds is 7. The van der Waals surface area contributed by atoms with Gasteiger partial charge >= 0.3 is 0 Å². The smallest absolute Gasteiger partial charge is 0.184 e. The van der Waals surface area contributed by atoms with Crippen LogP contribution in [0.5, 0.6) is 0 Å². The van der Waals surface area contributed by atoms with Gasteiger partial charge in [-0.3, -0.25) is 0 Å². The van der Waals surface area contributed by atoms with Crippen LogP contribution in [0, 0.1) is 5.92 Å². The van der Waals surface area contributed by atoms with Gasteiger partial charge in [0.05, 0.1) is 17.8 Å². The quantitative estimate of drug-likeness (QED) is 0.497. The maximum absolute atomic E-state index is 10.3. The molecule has 0 spiro atoms. The second kappa shape index (κ2) is 8.11.